The van der Waals surface area contributed by atoms with Gasteiger partial charge in [-0.2, -0.15) is 0 Å². The summed E-state index contributed by atoms with van der Waals surface area (Å²) < 4.78 is 3.27. The monoisotopic (exact) mass is 470 g/mol. The van der Waals surface area contributed by atoms with E-state index in [0.717, 1.165) is 47.1 Å². The third kappa shape index (κ3) is 4.29. The van der Waals surface area contributed by atoms with Gasteiger partial charge in [-0.15, -0.1) is 11.3 Å². The van der Waals surface area contributed by atoms with E-state index in [2.05, 4.69) is 79.7 Å². The van der Waals surface area contributed by atoms with Crippen molar-refractivity contribution in [3.05, 3.63) is 66.3 Å². The average molecular weight is 471 g/mol. The lowest BCUT2D eigenvalue weighted by Crippen LogP contribution is -2.40. The van der Waals surface area contributed by atoms with Crippen molar-refractivity contribution in [3.8, 4) is 17.1 Å². The summed E-state index contributed by atoms with van der Waals surface area (Å²) in [5.41, 5.74) is 3.67. The minimum absolute atomic E-state index is 0.484. The quantitative estimate of drug-likeness (QED) is 0.291. The van der Waals surface area contributed by atoms with Crippen LogP contribution in [0.3, 0.4) is 0 Å². The Morgan fingerprint density at radius 3 is 2.44 bits per heavy atom. The van der Waals surface area contributed by atoms with E-state index in [1.807, 2.05) is 29.1 Å². The lowest BCUT2D eigenvalue weighted by Gasteiger charge is -2.30. The molecule has 3 aromatic heterocycles. The van der Waals surface area contributed by atoms with Crippen LogP contribution in [0.4, 0.5) is 5.82 Å². The Labute approximate surface area is 204 Å². The molecule has 0 bridgehead atoms. The van der Waals surface area contributed by atoms with Crippen LogP contribution in [0.25, 0.3) is 38.3 Å². The molecule has 0 aliphatic carbocycles. The molecule has 0 atom stereocenters. The van der Waals surface area contributed by atoms with E-state index in [9.17, 15) is 0 Å². The highest BCUT2D eigenvalue weighted by Gasteiger charge is 2.18. The minimum atomic E-state index is 0.484. The average Bonchev–Trinajstić information content (AvgIpc) is 3.46. The number of aromatic nitrogens is 4. The summed E-state index contributed by atoms with van der Waals surface area (Å²) in [7, 11) is 0. The molecule has 0 radical (unpaired) electrons. The SMILES string of the molecule is CC(C)N(CCNc1nc(-c2csc3ccccc23)nc2c1ncn2-c1ccccc1)C(C)C. The highest BCUT2D eigenvalue weighted by molar-refractivity contribution is 7.17. The lowest BCUT2D eigenvalue weighted by atomic mass is 10.1. The Bertz CT molecular complexity index is 1390. The van der Waals surface area contributed by atoms with E-state index >= 15 is 0 Å². The number of imidazole rings is 1. The molecule has 0 aliphatic heterocycles. The number of nitrogens with zero attached hydrogens (tertiary/aromatic N) is 5. The number of anilines is 1. The van der Waals surface area contributed by atoms with Crippen molar-refractivity contribution in [2.24, 2.45) is 0 Å². The summed E-state index contributed by atoms with van der Waals surface area (Å²) in [6, 6.07) is 19.6. The fraction of sp³-hybridized carbons (Fsp3) is 0.296. The molecule has 174 valence electrons. The molecule has 1 N–H and O–H groups in total. The van der Waals surface area contributed by atoms with Crippen LogP contribution in [-0.4, -0.2) is 49.6 Å². The maximum Gasteiger partial charge on any atom is 0.170 e. The summed E-state index contributed by atoms with van der Waals surface area (Å²) in [4.78, 5) is 17.2. The zero-order valence-electron chi connectivity index (χ0n) is 20.1. The van der Waals surface area contributed by atoms with Gasteiger partial charge in [-0.25, -0.2) is 15.0 Å². The van der Waals surface area contributed by atoms with Gasteiger partial charge in [-0.3, -0.25) is 9.47 Å². The molecule has 0 aliphatic rings. The second kappa shape index (κ2) is 9.52. The molecule has 5 aromatic rings. The summed E-state index contributed by atoms with van der Waals surface area (Å²) in [5, 5.41) is 6.90. The number of fused-ring (bicyclic) bond motifs is 2. The fourth-order valence-electron chi connectivity index (χ4n) is 4.49. The van der Waals surface area contributed by atoms with Crippen molar-refractivity contribution in [2.45, 2.75) is 39.8 Å². The summed E-state index contributed by atoms with van der Waals surface area (Å²) in [5.74, 6) is 1.49. The Morgan fingerprint density at radius 2 is 1.68 bits per heavy atom. The maximum absolute atomic E-state index is 5.01. The Morgan fingerprint density at radius 1 is 0.941 bits per heavy atom. The third-order valence-corrected chi connectivity index (χ3v) is 7.10. The van der Waals surface area contributed by atoms with Gasteiger partial charge < -0.3 is 5.32 Å². The van der Waals surface area contributed by atoms with Crippen molar-refractivity contribution >= 4 is 38.4 Å². The van der Waals surface area contributed by atoms with Crippen LogP contribution in [-0.2, 0) is 0 Å². The number of hydrogen-bond donors (Lipinski definition) is 1. The number of thiophene rings is 1. The van der Waals surface area contributed by atoms with E-state index in [1.54, 1.807) is 11.3 Å². The molecule has 0 saturated carbocycles. The highest BCUT2D eigenvalue weighted by Crippen LogP contribution is 2.34. The van der Waals surface area contributed by atoms with Gasteiger partial charge in [0.15, 0.2) is 22.8 Å². The van der Waals surface area contributed by atoms with Crippen molar-refractivity contribution in [1.29, 1.82) is 0 Å². The molecule has 2 aromatic carbocycles. The second-order valence-electron chi connectivity index (χ2n) is 9.02. The van der Waals surface area contributed by atoms with Crippen LogP contribution < -0.4 is 5.32 Å². The normalized spacial score (nSPS) is 12.0. The number of nitrogens with one attached hydrogen (secondary N) is 1. The van der Waals surface area contributed by atoms with Gasteiger partial charge in [0.25, 0.3) is 0 Å². The first kappa shape index (κ1) is 22.5. The molecule has 0 unspecified atom stereocenters. The number of rotatable bonds is 8. The molecular formula is C27H30N6S. The molecule has 0 fully saturated rings. The van der Waals surface area contributed by atoms with Gasteiger partial charge in [-0.1, -0.05) is 36.4 Å². The zero-order chi connectivity index (χ0) is 23.7. The molecule has 6 nitrogen and oxygen atoms in total. The molecule has 3 heterocycles. The molecule has 34 heavy (non-hydrogen) atoms. The van der Waals surface area contributed by atoms with Gasteiger partial charge in [0.1, 0.15) is 6.33 Å². The van der Waals surface area contributed by atoms with Crippen molar-refractivity contribution < 1.29 is 0 Å². The smallest absolute Gasteiger partial charge is 0.170 e. The molecule has 0 spiro atoms. The van der Waals surface area contributed by atoms with Crippen molar-refractivity contribution in [1.82, 2.24) is 24.4 Å². The maximum atomic E-state index is 5.01. The zero-order valence-corrected chi connectivity index (χ0v) is 20.9. The molecule has 0 saturated heterocycles. The van der Waals surface area contributed by atoms with Gasteiger partial charge in [0, 0.05) is 51.9 Å². The van der Waals surface area contributed by atoms with E-state index in [0.29, 0.717) is 12.1 Å². The van der Waals surface area contributed by atoms with Crippen LogP contribution in [0.15, 0.2) is 66.3 Å². The van der Waals surface area contributed by atoms with Crippen LogP contribution in [0.1, 0.15) is 27.7 Å². The van der Waals surface area contributed by atoms with E-state index < -0.39 is 0 Å². The Kier molecular flexibility index (Phi) is 6.30. The third-order valence-electron chi connectivity index (χ3n) is 6.14. The largest absolute Gasteiger partial charge is 0.367 e. The van der Waals surface area contributed by atoms with Crippen LogP contribution >= 0.6 is 11.3 Å². The minimum Gasteiger partial charge on any atom is -0.367 e. The van der Waals surface area contributed by atoms with Gasteiger partial charge in [0.05, 0.1) is 0 Å². The van der Waals surface area contributed by atoms with Gasteiger partial charge in [-0.05, 0) is 45.9 Å². The van der Waals surface area contributed by atoms with Gasteiger partial charge in [0.2, 0.25) is 0 Å². The van der Waals surface area contributed by atoms with Crippen molar-refractivity contribution in [2.75, 3.05) is 18.4 Å². The summed E-state index contributed by atoms with van der Waals surface area (Å²) in [6.07, 6.45) is 1.84. The van der Waals surface area contributed by atoms with E-state index in [4.69, 9.17) is 15.0 Å². The Hall–Kier alpha value is -3.29. The predicted molar refractivity (Wildman–Crippen MR) is 143 cm³/mol. The first-order valence-corrected chi connectivity index (χ1v) is 12.7. The standard InChI is InChI=1S/C27H30N6S/c1-18(2)32(19(3)4)15-14-28-26-24-27(33(17-29-24)20-10-6-5-7-11-20)31-25(30-26)22-16-34-23-13-9-8-12-21(22)23/h5-13,16-19H,14-15H2,1-4H3,(H,28,30,31). The van der Waals surface area contributed by atoms with Crippen LogP contribution in [0.5, 0.6) is 0 Å². The Balaban J connectivity index is 1.58. The predicted octanol–water partition coefficient (Wildman–Crippen LogP) is 6.23. The number of benzene rings is 2. The lowest BCUT2D eigenvalue weighted by molar-refractivity contribution is 0.182. The topological polar surface area (TPSA) is 58.9 Å². The molecule has 5 rings (SSSR count). The van der Waals surface area contributed by atoms with Crippen LogP contribution in [0.2, 0.25) is 0 Å². The fourth-order valence-corrected chi connectivity index (χ4v) is 5.43. The summed E-state index contributed by atoms with van der Waals surface area (Å²) >= 11 is 1.72. The highest BCUT2D eigenvalue weighted by atomic mass is 32.1. The number of hydrogen-bond acceptors (Lipinski definition) is 6. The van der Waals surface area contributed by atoms with E-state index in [-0.39, 0.29) is 0 Å². The first-order chi connectivity index (χ1) is 16.5. The molecule has 0 amide bonds. The molecule has 7 heteroatoms. The number of para-hydroxylation sites is 1. The summed E-state index contributed by atoms with van der Waals surface area (Å²) in [6.45, 7) is 10.7. The van der Waals surface area contributed by atoms with Crippen LogP contribution in [0, 0.1) is 0 Å². The first-order valence-electron chi connectivity index (χ1n) is 11.8. The second-order valence-corrected chi connectivity index (χ2v) is 9.93. The van der Waals surface area contributed by atoms with E-state index in [1.165, 1.54) is 10.1 Å². The molecular weight excluding hydrogens is 440 g/mol. The van der Waals surface area contributed by atoms with Gasteiger partial charge >= 0.3 is 0 Å². The van der Waals surface area contributed by atoms with Crippen molar-refractivity contribution in [3.63, 3.8) is 0 Å².